The zero-order valence-electron chi connectivity index (χ0n) is 19.7. The van der Waals surface area contributed by atoms with Crippen molar-refractivity contribution in [3.05, 3.63) is 91.4 Å². The van der Waals surface area contributed by atoms with E-state index in [9.17, 15) is 19.7 Å². The predicted octanol–water partition coefficient (Wildman–Crippen LogP) is 4.76. The number of nitrogens with zero attached hydrogens (tertiary/aromatic N) is 2. The highest BCUT2D eigenvalue weighted by Crippen LogP contribution is 2.36. The molecule has 3 rings (SSSR count). The molecule has 11 heteroatoms. The summed E-state index contributed by atoms with van der Waals surface area (Å²) >= 11 is 3.40. The van der Waals surface area contributed by atoms with Crippen molar-refractivity contribution in [1.29, 1.82) is 0 Å². The van der Waals surface area contributed by atoms with E-state index in [0.717, 1.165) is 17.2 Å². The van der Waals surface area contributed by atoms with Gasteiger partial charge in [-0.1, -0.05) is 12.1 Å². The van der Waals surface area contributed by atoms with Gasteiger partial charge in [-0.15, -0.1) is 0 Å². The number of nitro benzene ring substituents is 1. The smallest absolute Gasteiger partial charge is 0.271 e. The number of benzene rings is 3. The molecule has 186 valence electrons. The fourth-order valence-electron chi connectivity index (χ4n) is 3.10. The van der Waals surface area contributed by atoms with Crippen molar-refractivity contribution < 1.29 is 24.0 Å². The number of methoxy groups -OCH3 is 1. The molecule has 3 aromatic carbocycles. The van der Waals surface area contributed by atoms with Gasteiger partial charge in [0.1, 0.15) is 0 Å². The van der Waals surface area contributed by atoms with Crippen molar-refractivity contribution in [2.24, 2.45) is 5.10 Å². The molecular weight excluding hydrogens is 532 g/mol. The van der Waals surface area contributed by atoms with E-state index in [4.69, 9.17) is 9.47 Å². The van der Waals surface area contributed by atoms with Crippen LogP contribution in [-0.4, -0.2) is 36.7 Å². The standard InChI is InChI=1S/C25H23BrN4O6/c1-15-7-8-19(9-16(15)2)28-23(31)14-36-24-21(26)10-17(11-22(24)35-3)13-27-29-25(32)18-5-4-6-20(12-18)30(33)34/h4-13H,14H2,1-3H3,(H,28,31)(H,29,32)/b27-13+. The van der Waals surface area contributed by atoms with Gasteiger partial charge in [-0.3, -0.25) is 19.7 Å². The van der Waals surface area contributed by atoms with Gasteiger partial charge in [-0.05, 0) is 76.8 Å². The average Bonchev–Trinajstić information content (AvgIpc) is 2.85. The number of nitro groups is 1. The zero-order chi connectivity index (χ0) is 26.2. The number of hydrogen-bond acceptors (Lipinski definition) is 7. The van der Waals surface area contributed by atoms with Crippen LogP contribution in [0, 0.1) is 24.0 Å². The van der Waals surface area contributed by atoms with E-state index in [1.54, 1.807) is 12.1 Å². The lowest BCUT2D eigenvalue weighted by Crippen LogP contribution is -2.20. The molecule has 0 aliphatic heterocycles. The van der Waals surface area contributed by atoms with Gasteiger partial charge in [0, 0.05) is 23.4 Å². The minimum atomic E-state index is -0.601. The molecule has 0 aromatic heterocycles. The molecule has 0 heterocycles. The molecular formula is C25H23BrN4O6. The normalized spacial score (nSPS) is 10.7. The highest BCUT2D eigenvalue weighted by molar-refractivity contribution is 9.10. The lowest BCUT2D eigenvalue weighted by atomic mass is 10.1. The van der Waals surface area contributed by atoms with Gasteiger partial charge in [0.05, 0.1) is 22.7 Å². The molecule has 0 saturated heterocycles. The molecule has 0 aliphatic rings. The number of hydrogen-bond donors (Lipinski definition) is 2. The van der Waals surface area contributed by atoms with Crippen molar-refractivity contribution >= 4 is 45.3 Å². The second kappa shape index (κ2) is 11.9. The number of amides is 2. The SMILES string of the molecule is COc1cc(/C=N/NC(=O)c2cccc([N+](=O)[O-])c2)cc(Br)c1OCC(=O)Nc1ccc(C)c(C)c1. The first kappa shape index (κ1) is 26.4. The number of ether oxygens (including phenoxy) is 2. The second-order valence-corrected chi connectivity index (χ2v) is 8.53. The fourth-order valence-corrected chi connectivity index (χ4v) is 3.67. The number of carbonyl (C=O) groups excluding carboxylic acids is 2. The third-order valence-electron chi connectivity index (χ3n) is 5.09. The monoisotopic (exact) mass is 554 g/mol. The summed E-state index contributed by atoms with van der Waals surface area (Å²) in [6.45, 7) is 3.72. The van der Waals surface area contributed by atoms with E-state index in [2.05, 4.69) is 31.8 Å². The van der Waals surface area contributed by atoms with E-state index in [0.29, 0.717) is 27.2 Å². The molecule has 0 bridgehead atoms. The number of halogens is 1. The molecule has 10 nitrogen and oxygen atoms in total. The van der Waals surface area contributed by atoms with Crippen LogP contribution in [-0.2, 0) is 4.79 Å². The first-order chi connectivity index (χ1) is 17.2. The Labute approximate surface area is 215 Å². The summed E-state index contributed by atoms with van der Waals surface area (Å²) in [5.74, 6) is -0.266. The Morgan fingerprint density at radius 3 is 2.58 bits per heavy atom. The topological polar surface area (TPSA) is 132 Å². The molecule has 0 unspecified atom stereocenters. The lowest BCUT2D eigenvalue weighted by Gasteiger charge is -2.14. The highest BCUT2D eigenvalue weighted by Gasteiger charge is 2.14. The van der Waals surface area contributed by atoms with E-state index in [-0.39, 0.29) is 23.8 Å². The largest absolute Gasteiger partial charge is 0.493 e. The van der Waals surface area contributed by atoms with Crippen molar-refractivity contribution in [1.82, 2.24) is 5.43 Å². The Morgan fingerprint density at radius 2 is 1.89 bits per heavy atom. The molecule has 2 N–H and O–H groups in total. The fraction of sp³-hybridized carbons (Fsp3) is 0.160. The van der Waals surface area contributed by atoms with Crippen LogP contribution < -0.4 is 20.2 Å². The minimum absolute atomic E-state index is 0.0999. The van der Waals surface area contributed by atoms with E-state index in [1.165, 1.54) is 31.5 Å². The minimum Gasteiger partial charge on any atom is -0.493 e. The van der Waals surface area contributed by atoms with Crippen molar-refractivity contribution in [2.45, 2.75) is 13.8 Å². The Kier molecular flexibility index (Phi) is 8.74. The number of nitrogens with one attached hydrogen (secondary N) is 2. The predicted molar refractivity (Wildman–Crippen MR) is 139 cm³/mol. The quantitative estimate of drug-likeness (QED) is 0.222. The van der Waals surface area contributed by atoms with Crippen molar-refractivity contribution in [3.63, 3.8) is 0 Å². The number of anilines is 1. The molecule has 0 fully saturated rings. The van der Waals surface area contributed by atoms with Crippen LogP contribution in [0.15, 0.2) is 64.2 Å². The van der Waals surface area contributed by atoms with Crippen LogP contribution in [0.1, 0.15) is 27.0 Å². The number of aryl methyl sites for hydroxylation is 2. The Balaban J connectivity index is 1.64. The summed E-state index contributed by atoms with van der Waals surface area (Å²) in [7, 11) is 1.45. The number of carbonyl (C=O) groups is 2. The second-order valence-electron chi connectivity index (χ2n) is 7.68. The van der Waals surface area contributed by atoms with E-state index >= 15 is 0 Å². The summed E-state index contributed by atoms with van der Waals surface area (Å²) in [5.41, 5.74) is 5.66. The summed E-state index contributed by atoms with van der Waals surface area (Å²) in [6.07, 6.45) is 1.37. The van der Waals surface area contributed by atoms with Crippen LogP contribution in [0.4, 0.5) is 11.4 Å². The summed E-state index contributed by atoms with van der Waals surface area (Å²) < 4.78 is 11.6. The molecule has 0 spiro atoms. The van der Waals surface area contributed by atoms with Crippen LogP contribution >= 0.6 is 15.9 Å². The highest BCUT2D eigenvalue weighted by atomic mass is 79.9. The van der Waals surface area contributed by atoms with Gasteiger partial charge in [0.15, 0.2) is 18.1 Å². The Hall–Kier alpha value is -4.25. The number of non-ortho nitro benzene ring substituents is 1. The molecule has 2 amide bonds. The third kappa shape index (κ3) is 6.89. The first-order valence-corrected chi connectivity index (χ1v) is 11.4. The van der Waals surface area contributed by atoms with Gasteiger partial charge < -0.3 is 14.8 Å². The van der Waals surface area contributed by atoms with Gasteiger partial charge in [0.25, 0.3) is 17.5 Å². The lowest BCUT2D eigenvalue weighted by molar-refractivity contribution is -0.384. The van der Waals surface area contributed by atoms with Gasteiger partial charge in [-0.25, -0.2) is 5.43 Å². The van der Waals surface area contributed by atoms with Crippen molar-refractivity contribution in [2.75, 3.05) is 19.0 Å². The maximum Gasteiger partial charge on any atom is 0.271 e. The van der Waals surface area contributed by atoms with Crippen LogP contribution in [0.25, 0.3) is 0 Å². The van der Waals surface area contributed by atoms with Crippen LogP contribution in [0.5, 0.6) is 11.5 Å². The van der Waals surface area contributed by atoms with E-state index in [1.807, 2.05) is 32.0 Å². The third-order valence-corrected chi connectivity index (χ3v) is 5.68. The summed E-state index contributed by atoms with van der Waals surface area (Å²) in [6, 6.07) is 14.2. The zero-order valence-corrected chi connectivity index (χ0v) is 21.3. The molecule has 36 heavy (non-hydrogen) atoms. The number of rotatable bonds is 9. The van der Waals surface area contributed by atoms with Crippen LogP contribution in [0.3, 0.4) is 0 Å². The van der Waals surface area contributed by atoms with Crippen LogP contribution in [0.2, 0.25) is 0 Å². The Bertz CT molecular complexity index is 1340. The molecule has 0 atom stereocenters. The van der Waals surface area contributed by atoms with E-state index < -0.39 is 10.8 Å². The molecule has 0 saturated carbocycles. The molecule has 0 radical (unpaired) electrons. The molecule has 3 aromatic rings. The summed E-state index contributed by atoms with van der Waals surface area (Å²) in [4.78, 5) is 34.9. The molecule has 0 aliphatic carbocycles. The van der Waals surface area contributed by atoms with Gasteiger partial charge >= 0.3 is 0 Å². The van der Waals surface area contributed by atoms with Gasteiger partial charge in [0.2, 0.25) is 0 Å². The summed E-state index contributed by atoms with van der Waals surface area (Å²) in [5, 5.41) is 17.6. The van der Waals surface area contributed by atoms with Gasteiger partial charge in [-0.2, -0.15) is 5.10 Å². The average molecular weight is 555 g/mol. The number of hydrazone groups is 1. The van der Waals surface area contributed by atoms with Crippen molar-refractivity contribution in [3.8, 4) is 11.5 Å². The maximum absolute atomic E-state index is 12.3. The maximum atomic E-state index is 12.3. The first-order valence-electron chi connectivity index (χ1n) is 10.6. The Morgan fingerprint density at radius 1 is 1.11 bits per heavy atom.